The van der Waals surface area contributed by atoms with Crippen molar-refractivity contribution in [2.45, 2.75) is 32.5 Å². The SMILES string of the molecule is COCc1cccc(CNCc2cccc(OCCCC#N)c2)c1. The molecular formula is C20H24N2O2. The van der Waals surface area contributed by atoms with Crippen molar-refractivity contribution in [3.8, 4) is 11.8 Å². The molecule has 0 amide bonds. The highest BCUT2D eigenvalue weighted by Crippen LogP contribution is 2.14. The number of nitrogens with one attached hydrogen (secondary N) is 1. The van der Waals surface area contributed by atoms with Crippen molar-refractivity contribution in [1.82, 2.24) is 5.32 Å². The molecule has 4 heteroatoms. The van der Waals surface area contributed by atoms with Gasteiger partial charge in [-0.1, -0.05) is 36.4 Å². The van der Waals surface area contributed by atoms with Gasteiger partial charge in [-0.2, -0.15) is 5.26 Å². The summed E-state index contributed by atoms with van der Waals surface area (Å²) in [5, 5.41) is 12.0. The molecule has 0 saturated heterocycles. The molecule has 24 heavy (non-hydrogen) atoms. The maximum Gasteiger partial charge on any atom is 0.119 e. The Morgan fingerprint density at radius 2 is 1.71 bits per heavy atom. The van der Waals surface area contributed by atoms with E-state index in [0.29, 0.717) is 19.6 Å². The van der Waals surface area contributed by atoms with Crippen molar-refractivity contribution in [2.24, 2.45) is 0 Å². The molecule has 0 bridgehead atoms. The van der Waals surface area contributed by atoms with E-state index in [0.717, 1.165) is 25.3 Å². The monoisotopic (exact) mass is 324 g/mol. The zero-order chi connectivity index (χ0) is 17.0. The first-order valence-corrected chi connectivity index (χ1v) is 8.18. The van der Waals surface area contributed by atoms with Gasteiger partial charge in [0.15, 0.2) is 0 Å². The maximum absolute atomic E-state index is 8.52. The van der Waals surface area contributed by atoms with Gasteiger partial charge in [0.2, 0.25) is 0 Å². The number of methoxy groups -OCH3 is 1. The third kappa shape index (κ3) is 6.41. The summed E-state index contributed by atoms with van der Waals surface area (Å²) < 4.78 is 10.8. The van der Waals surface area contributed by atoms with Crippen molar-refractivity contribution in [1.29, 1.82) is 5.26 Å². The van der Waals surface area contributed by atoms with Crippen LogP contribution in [0.25, 0.3) is 0 Å². The molecule has 1 N–H and O–H groups in total. The predicted octanol–water partition coefficient (Wildman–Crippen LogP) is 3.81. The van der Waals surface area contributed by atoms with E-state index in [4.69, 9.17) is 14.7 Å². The normalized spacial score (nSPS) is 10.3. The zero-order valence-electron chi connectivity index (χ0n) is 14.1. The van der Waals surface area contributed by atoms with Crippen LogP contribution in [0.4, 0.5) is 0 Å². The molecule has 0 radical (unpaired) electrons. The van der Waals surface area contributed by atoms with E-state index in [1.807, 2.05) is 18.2 Å². The van der Waals surface area contributed by atoms with Crippen LogP contribution in [-0.2, 0) is 24.4 Å². The summed E-state index contributed by atoms with van der Waals surface area (Å²) in [5.41, 5.74) is 3.61. The van der Waals surface area contributed by atoms with Crippen LogP contribution in [0, 0.1) is 11.3 Å². The van der Waals surface area contributed by atoms with Gasteiger partial charge in [-0.05, 0) is 35.2 Å². The first-order valence-electron chi connectivity index (χ1n) is 8.18. The average Bonchev–Trinajstić information content (AvgIpc) is 2.60. The molecule has 0 fully saturated rings. The van der Waals surface area contributed by atoms with E-state index in [2.05, 4.69) is 41.7 Å². The first kappa shape index (κ1) is 18.0. The number of rotatable bonds is 10. The molecule has 0 saturated carbocycles. The van der Waals surface area contributed by atoms with Crippen LogP contribution in [-0.4, -0.2) is 13.7 Å². The molecule has 0 aliphatic heterocycles. The summed E-state index contributed by atoms with van der Waals surface area (Å²) in [6, 6.07) is 18.6. The van der Waals surface area contributed by atoms with Crippen LogP contribution in [0.5, 0.6) is 5.75 Å². The minimum absolute atomic E-state index is 0.531. The maximum atomic E-state index is 8.52. The van der Waals surface area contributed by atoms with Gasteiger partial charge in [0.25, 0.3) is 0 Å². The fourth-order valence-corrected chi connectivity index (χ4v) is 2.43. The standard InChI is InChI=1S/C20H24N2O2/c1-23-16-19-8-4-6-17(12-19)14-22-15-18-7-5-9-20(13-18)24-11-3-2-10-21/h4-9,12-13,22H,2-3,11,14-16H2,1H3. The molecule has 2 rings (SSSR count). The Hall–Kier alpha value is -2.35. The van der Waals surface area contributed by atoms with Gasteiger partial charge in [0, 0.05) is 26.6 Å². The van der Waals surface area contributed by atoms with Crippen LogP contribution in [0.2, 0.25) is 0 Å². The van der Waals surface area contributed by atoms with E-state index in [9.17, 15) is 0 Å². The van der Waals surface area contributed by atoms with Crippen LogP contribution in [0.1, 0.15) is 29.5 Å². The molecule has 0 spiro atoms. The molecule has 0 unspecified atom stereocenters. The third-order valence-electron chi connectivity index (χ3n) is 3.56. The number of unbranched alkanes of at least 4 members (excludes halogenated alkanes) is 1. The fraction of sp³-hybridized carbons (Fsp3) is 0.350. The molecule has 0 aliphatic carbocycles. The van der Waals surface area contributed by atoms with Gasteiger partial charge in [-0.3, -0.25) is 0 Å². The van der Waals surface area contributed by atoms with Gasteiger partial charge in [0.1, 0.15) is 5.75 Å². The molecule has 0 atom stereocenters. The van der Waals surface area contributed by atoms with Crippen molar-refractivity contribution < 1.29 is 9.47 Å². The number of benzene rings is 2. The van der Waals surface area contributed by atoms with Gasteiger partial charge in [0.05, 0.1) is 19.3 Å². The number of ether oxygens (including phenoxy) is 2. The molecule has 0 aliphatic rings. The lowest BCUT2D eigenvalue weighted by atomic mass is 10.1. The van der Waals surface area contributed by atoms with E-state index < -0.39 is 0 Å². The Labute approximate surface area is 144 Å². The number of hydrogen-bond donors (Lipinski definition) is 1. The summed E-state index contributed by atoms with van der Waals surface area (Å²) in [6.45, 7) is 2.81. The summed E-state index contributed by atoms with van der Waals surface area (Å²) in [7, 11) is 1.71. The summed E-state index contributed by atoms with van der Waals surface area (Å²) in [5.74, 6) is 0.856. The lowest BCUT2D eigenvalue weighted by Crippen LogP contribution is -2.13. The van der Waals surface area contributed by atoms with Gasteiger partial charge in [-0.15, -0.1) is 0 Å². The fourth-order valence-electron chi connectivity index (χ4n) is 2.43. The highest BCUT2D eigenvalue weighted by Gasteiger charge is 1.99. The minimum atomic E-state index is 0.531. The molecule has 0 heterocycles. The molecule has 4 nitrogen and oxygen atoms in total. The van der Waals surface area contributed by atoms with Crippen LogP contribution in [0.15, 0.2) is 48.5 Å². The molecule has 0 aromatic heterocycles. The quantitative estimate of drug-likeness (QED) is 0.675. The van der Waals surface area contributed by atoms with Crippen molar-refractivity contribution in [3.05, 3.63) is 65.2 Å². The first-order chi connectivity index (χ1) is 11.8. The topological polar surface area (TPSA) is 54.3 Å². The van der Waals surface area contributed by atoms with Crippen LogP contribution >= 0.6 is 0 Å². The Morgan fingerprint density at radius 3 is 2.46 bits per heavy atom. The van der Waals surface area contributed by atoms with Gasteiger partial charge < -0.3 is 14.8 Å². The second-order valence-electron chi connectivity index (χ2n) is 5.61. The Kier molecular flexibility index (Phi) is 7.82. The highest BCUT2D eigenvalue weighted by atomic mass is 16.5. The Morgan fingerprint density at radius 1 is 1.00 bits per heavy atom. The van der Waals surface area contributed by atoms with E-state index in [1.165, 1.54) is 16.7 Å². The van der Waals surface area contributed by atoms with Crippen molar-refractivity contribution in [3.63, 3.8) is 0 Å². The smallest absolute Gasteiger partial charge is 0.119 e. The lowest BCUT2D eigenvalue weighted by molar-refractivity contribution is 0.185. The number of nitriles is 1. The Bertz CT molecular complexity index is 665. The van der Waals surface area contributed by atoms with Gasteiger partial charge >= 0.3 is 0 Å². The molecule has 2 aromatic carbocycles. The van der Waals surface area contributed by atoms with Crippen molar-refractivity contribution in [2.75, 3.05) is 13.7 Å². The highest BCUT2D eigenvalue weighted by molar-refractivity contribution is 5.28. The van der Waals surface area contributed by atoms with E-state index in [-0.39, 0.29) is 0 Å². The molecule has 2 aromatic rings. The number of nitrogens with zero attached hydrogens (tertiary/aromatic N) is 1. The second kappa shape index (κ2) is 10.4. The van der Waals surface area contributed by atoms with E-state index >= 15 is 0 Å². The summed E-state index contributed by atoms with van der Waals surface area (Å²) in [6.07, 6.45) is 1.29. The molecule has 126 valence electrons. The largest absolute Gasteiger partial charge is 0.494 e. The minimum Gasteiger partial charge on any atom is -0.494 e. The third-order valence-corrected chi connectivity index (χ3v) is 3.56. The average molecular weight is 324 g/mol. The second-order valence-corrected chi connectivity index (χ2v) is 5.61. The zero-order valence-corrected chi connectivity index (χ0v) is 14.1. The molecular weight excluding hydrogens is 300 g/mol. The van der Waals surface area contributed by atoms with E-state index in [1.54, 1.807) is 7.11 Å². The van der Waals surface area contributed by atoms with Gasteiger partial charge in [-0.25, -0.2) is 0 Å². The van der Waals surface area contributed by atoms with Crippen LogP contribution < -0.4 is 10.1 Å². The van der Waals surface area contributed by atoms with Crippen LogP contribution in [0.3, 0.4) is 0 Å². The van der Waals surface area contributed by atoms with Crippen molar-refractivity contribution >= 4 is 0 Å². The summed E-state index contributed by atoms with van der Waals surface area (Å²) >= 11 is 0. The Balaban J connectivity index is 1.79. The number of hydrogen-bond acceptors (Lipinski definition) is 4. The lowest BCUT2D eigenvalue weighted by Gasteiger charge is -2.09. The summed E-state index contributed by atoms with van der Waals surface area (Å²) in [4.78, 5) is 0. The predicted molar refractivity (Wildman–Crippen MR) is 94.5 cm³/mol.